The van der Waals surface area contributed by atoms with Crippen molar-refractivity contribution in [1.82, 2.24) is 0 Å². The Bertz CT molecular complexity index is 242. The molecule has 0 aromatic heterocycles. The average Bonchev–Trinajstić information content (AvgIpc) is 2.28. The van der Waals surface area contributed by atoms with Crippen molar-refractivity contribution in [2.24, 2.45) is 5.92 Å². The Hall–Kier alpha value is -1.00. The first-order valence-electron chi connectivity index (χ1n) is 3.69. The Balaban J connectivity index is 2.81. The van der Waals surface area contributed by atoms with Gasteiger partial charge in [0.1, 0.15) is 0 Å². The molecule has 0 aromatic rings. The molecule has 1 heteroatoms. The monoisotopic (exact) mass is 148 g/mol. The van der Waals surface area contributed by atoms with Crippen molar-refractivity contribution < 1.29 is 5.11 Å². The van der Waals surface area contributed by atoms with Gasteiger partial charge in [-0.05, 0) is 18.1 Å². The van der Waals surface area contributed by atoms with Gasteiger partial charge in [-0.3, -0.25) is 0 Å². The summed E-state index contributed by atoms with van der Waals surface area (Å²) in [5, 5.41) is 9.21. The number of aliphatic hydroxyl groups is 1. The summed E-state index contributed by atoms with van der Waals surface area (Å²) < 4.78 is 0. The van der Waals surface area contributed by atoms with Gasteiger partial charge in [0.2, 0.25) is 0 Å². The van der Waals surface area contributed by atoms with Crippen molar-refractivity contribution in [1.29, 1.82) is 0 Å². The molecule has 1 aliphatic carbocycles. The number of allylic oxidation sites excluding steroid dienone is 1. The van der Waals surface area contributed by atoms with Crippen LogP contribution in [-0.4, -0.2) is 11.2 Å². The Morgan fingerprint density at radius 2 is 2.55 bits per heavy atom. The zero-order valence-corrected chi connectivity index (χ0v) is 6.67. The highest BCUT2D eigenvalue weighted by molar-refractivity contribution is 5.40. The van der Waals surface area contributed by atoms with Gasteiger partial charge in [-0.15, -0.1) is 6.42 Å². The van der Waals surface area contributed by atoms with E-state index in [0.717, 1.165) is 11.1 Å². The third kappa shape index (κ3) is 1.53. The molecule has 0 fully saturated rings. The Kier molecular flexibility index (Phi) is 2.16. The van der Waals surface area contributed by atoms with Gasteiger partial charge >= 0.3 is 0 Å². The van der Waals surface area contributed by atoms with E-state index in [1.54, 1.807) is 6.08 Å². The molecule has 0 aliphatic heterocycles. The molecule has 1 N–H and O–H groups in total. The van der Waals surface area contributed by atoms with E-state index in [-0.39, 0.29) is 12.0 Å². The summed E-state index contributed by atoms with van der Waals surface area (Å²) in [6, 6.07) is 0. The van der Waals surface area contributed by atoms with Crippen LogP contribution in [-0.2, 0) is 0 Å². The molecule has 0 spiro atoms. The molecule has 0 saturated heterocycles. The third-order valence-corrected chi connectivity index (χ3v) is 1.95. The molecular formula is C10H12O. The van der Waals surface area contributed by atoms with E-state index in [4.69, 9.17) is 6.42 Å². The average molecular weight is 148 g/mol. The quantitative estimate of drug-likeness (QED) is 0.559. The van der Waals surface area contributed by atoms with Crippen LogP contribution in [0, 0.1) is 18.3 Å². The second kappa shape index (κ2) is 2.94. The Morgan fingerprint density at radius 3 is 2.91 bits per heavy atom. The van der Waals surface area contributed by atoms with Crippen molar-refractivity contribution in [3.05, 3.63) is 23.8 Å². The summed E-state index contributed by atoms with van der Waals surface area (Å²) in [6.07, 6.45) is 7.32. The standard InChI is InChI=1S/C10H12O/c1-4-7(2)10-6-9(11)5-8(10)3/h1,6-7,9,11H,3,5H2,2H3. The summed E-state index contributed by atoms with van der Waals surface area (Å²) in [5.74, 6) is 2.70. The number of terminal acetylenes is 1. The first kappa shape index (κ1) is 8.10. The smallest absolute Gasteiger partial charge is 0.0767 e. The van der Waals surface area contributed by atoms with Gasteiger partial charge in [0.25, 0.3) is 0 Å². The van der Waals surface area contributed by atoms with Crippen LogP contribution >= 0.6 is 0 Å². The first-order chi connectivity index (χ1) is 5.15. The fourth-order valence-corrected chi connectivity index (χ4v) is 1.29. The van der Waals surface area contributed by atoms with Crippen LogP contribution in [0.2, 0.25) is 0 Å². The van der Waals surface area contributed by atoms with Crippen LogP contribution in [0.25, 0.3) is 0 Å². The van der Waals surface area contributed by atoms with Crippen molar-refractivity contribution >= 4 is 0 Å². The van der Waals surface area contributed by atoms with E-state index in [1.807, 2.05) is 6.92 Å². The van der Waals surface area contributed by atoms with Crippen LogP contribution in [0.4, 0.5) is 0 Å². The molecule has 0 aromatic carbocycles. The van der Waals surface area contributed by atoms with E-state index < -0.39 is 0 Å². The summed E-state index contributed by atoms with van der Waals surface area (Å²) in [5.41, 5.74) is 2.00. The number of aliphatic hydroxyl groups excluding tert-OH is 1. The summed E-state index contributed by atoms with van der Waals surface area (Å²) in [7, 11) is 0. The molecule has 0 heterocycles. The maximum absolute atomic E-state index is 9.21. The highest BCUT2D eigenvalue weighted by Crippen LogP contribution is 2.28. The third-order valence-electron chi connectivity index (χ3n) is 1.95. The van der Waals surface area contributed by atoms with E-state index in [1.165, 1.54) is 0 Å². The molecular weight excluding hydrogens is 136 g/mol. The maximum atomic E-state index is 9.21. The number of rotatable bonds is 1. The van der Waals surface area contributed by atoms with E-state index >= 15 is 0 Å². The van der Waals surface area contributed by atoms with Crippen LogP contribution in [0.3, 0.4) is 0 Å². The summed E-state index contributed by atoms with van der Waals surface area (Å²) in [4.78, 5) is 0. The number of hydrogen-bond donors (Lipinski definition) is 1. The van der Waals surface area contributed by atoms with E-state index in [9.17, 15) is 5.11 Å². The van der Waals surface area contributed by atoms with E-state index in [0.29, 0.717) is 6.42 Å². The highest BCUT2D eigenvalue weighted by Gasteiger charge is 2.19. The lowest BCUT2D eigenvalue weighted by atomic mass is 9.98. The molecule has 1 rings (SSSR count). The van der Waals surface area contributed by atoms with E-state index in [2.05, 4.69) is 12.5 Å². The molecule has 0 amide bonds. The van der Waals surface area contributed by atoms with Gasteiger partial charge in [0.05, 0.1) is 6.10 Å². The van der Waals surface area contributed by atoms with Gasteiger partial charge in [0, 0.05) is 12.3 Å². The molecule has 2 unspecified atom stereocenters. The zero-order chi connectivity index (χ0) is 8.43. The van der Waals surface area contributed by atoms with Crippen LogP contribution in [0.5, 0.6) is 0 Å². The molecule has 1 aliphatic rings. The van der Waals surface area contributed by atoms with Crippen molar-refractivity contribution in [2.75, 3.05) is 0 Å². The molecule has 2 atom stereocenters. The Morgan fingerprint density at radius 1 is 1.91 bits per heavy atom. The molecule has 11 heavy (non-hydrogen) atoms. The van der Waals surface area contributed by atoms with Crippen molar-refractivity contribution in [3.63, 3.8) is 0 Å². The van der Waals surface area contributed by atoms with Gasteiger partial charge in [-0.2, -0.15) is 0 Å². The SMILES string of the molecule is C#CC(C)C1=CC(O)CC1=C. The van der Waals surface area contributed by atoms with Crippen LogP contribution in [0.15, 0.2) is 23.8 Å². The lowest BCUT2D eigenvalue weighted by Gasteiger charge is -2.05. The summed E-state index contributed by atoms with van der Waals surface area (Å²) in [6.45, 7) is 5.77. The van der Waals surface area contributed by atoms with Crippen molar-refractivity contribution in [3.8, 4) is 12.3 Å². The lowest BCUT2D eigenvalue weighted by molar-refractivity contribution is 0.230. The largest absolute Gasteiger partial charge is 0.389 e. The predicted octanol–water partition coefficient (Wildman–Crippen LogP) is 1.50. The van der Waals surface area contributed by atoms with Gasteiger partial charge in [0.15, 0.2) is 0 Å². The molecule has 58 valence electrons. The lowest BCUT2D eigenvalue weighted by Crippen LogP contribution is -1.94. The molecule has 0 bridgehead atoms. The second-order valence-corrected chi connectivity index (χ2v) is 2.89. The Labute approximate surface area is 67.4 Å². The first-order valence-corrected chi connectivity index (χ1v) is 3.69. The van der Waals surface area contributed by atoms with Gasteiger partial charge < -0.3 is 5.11 Å². The van der Waals surface area contributed by atoms with Gasteiger partial charge in [-0.25, -0.2) is 0 Å². The zero-order valence-electron chi connectivity index (χ0n) is 6.67. The minimum absolute atomic E-state index is 0.0830. The number of hydrogen-bond acceptors (Lipinski definition) is 1. The predicted molar refractivity (Wildman–Crippen MR) is 45.8 cm³/mol. The second-order valence-electron chi connectivity index (χ2n) is 2.89. The fourth-order valence-electron chi connectivity index (χ4n) is 1.29. The minimum atomic E-state index is -0.367. The molecule has 0 radical (unpaired) electrons. The minimum Gasteiger partial charge on any atom is -0.389 e. The summed E-state index contributed by atoms with van der Waals surface area (Å²) >= 11 is 0. The highest BCUT2D eigenvalue weighted by atomic mass is 16.3. The maximum Gasteiger partial charge on any atom is 0.0767 e. The van der Waals surface area contributed by atoms with Crippen molar-refractivity contribution in [2.45, 2.75) is 19.4 Å². The molecule has 0 saturated carbocycles. The van der Waals surface area contributed by atoms with Gasteiger partial charge in [-0.1, -0.05) is 18.6 Å². The van der Waals surface area contributed by atoms with Crippen LogP contribution < -0.4 is 0 Å². The van der Waals surface area contributed by atoms with Crippen LogP contribution in [0.1, 0.15) is 13.3 Å². The molecule has 1 nitrogen and oxygen atoms in total. The normalized spacial score (nSPS) is 26.1. The fraction of sp³-hybridized carbons (Fsp3) is 0.400. The topological polar surface area (TPSA) is 20.2 Å².